The van der Waals surface area contributed by atoms with Crippen LogP contribution in [0.3, 0.4) is 0 Å². The number of carbonyl (C=O) groups is 1. The number of Topliss-reactive ketones (excluding diaryl/α,β-unsaturated/α-hetero) is 1. The summed E-state index contributed by atoms with van der Waals surface area (Å²) < 4.78 is 19.1. The van der Waals surface area contributed by atoms with Gasteiger partial charge < -0.3 is 4.74 Å². The van der Waals surface area contributed by atoms with Crippen molar-refractivity contribution in [2.24, 2.45) is 0 Å². The molecule has 0 saturated heterocycles. The van der Waals surface area contributed by atoms with E-state index in [0.29, 0.717) is 16.9 Å². The normalized spacial score (nSPS) is 10.3. The third-order valence-corrected chi connectivity index (χ3v) is 2.92. The fourth-order valence-electron chi connectivity index (χ4n) is 1.89. The van der Waals surface area contributed by atoms with Gasteiger partial charge >= 0.3 is 0 Å². The highest BCUT2D eigenvalue weighted by atomic mass is 19.1. The molecule has 0 aliphatic heterocycles. The molecule has 19 heavy (non-hydrogen) atoms. The number of hydrogen-bond acceptors (Lipinski definition) is 2. The number of rotatable bonds is 4. The van der Waals surface area contributed by atoms with E-state index in [-0.39, 0.29) is 18.2 Å². The van der Waals surface area contributed by atoms with Crippen LogP contribution in [0.1, 0.15) is 28.4 Å². The molecule has 0 fully saturated rings. The smallest absolute Gasteiger partial charge is 0.163 e. The number of aryl methyl sites for hydroxylation is 1. The minimum absolute atomic E-state index is 0.0627. The maximum absolute atomic E-state index is 13.5. The molecule has 98 valence electrons. The Morgan fingerprint density at radius 2 is 1.89 bits per heavy atom. The van der Waals surface area contributed by atoms with Gasteiger partial charge in [0.25, 0.3) is 0 Å². The first-order chi connectivity index (χ1) is 9.09. The van der Waals surface area contributed by atoms with Gasteiger partial charge in [0.1, 0.15) is 18.2 Å². The van der Waals surface area contributed by atoms with Crippen LogP contribution in [-0.2, 0) is 6.61 Å². The van der Waals surface area contributed by atoms with E-state index in [1.165, 1.54) is 13.0 Å². The molecular formula is C16H15FO2. The number of carbonyl (C=O) groups excluding carboxylic acids is 1. The number of ketones is 1. The van der Waals surface area contributed by atoms with Crippen molar-refractivity contribution in [1.82, 2.24) is 0 Å². The lowest BCUT2D eigenvalue weighted by Gasteiger charge is -2.13. The van der Waals surface area contributed by atoms with Crippen molar-refractivity contribution in [2.45, 2.75) is 20.5 Å². The molecule has 0 bridgehead atoms. The predicted molar refractivity (Wildman–Crippen MR) is 71.9 cm³/mol. The Bertz CT molecular complexity index is 605. The van der Waals surface area contributed by atoms with Gasteiger partial charge in [0.15, 0.2) is 5.78 Å². The zero-order valence-electron chi connectivity index (χ0n) is 10.9. The topological polar surface area (TPSA) is 26.3 Å². The van der Waals surface area contributed by atoms with Crippen LogP contribution >= 0.6 is 0 Å². The van der Waals surface area contributed by atoms with Gasteiger partial charge in [0.05, 0.1) is 5.56 Å². The molecule has 0 amide bonds. The predicted octanol–water partition coefficient (Wildman–Crippen LogP) is 3.92. The summed E-state index contributed by atoms with van der Waals surface area (Å²) in [4.78, 5) is 11.5. The van der Waals surface area contributed by atoms with Gasteiger partial charge in [-0.25, -0.2) is 4.39 Å². The molecule has 0 aliphatic rings. The molecule has 0 aliphatic carbocycles. The highest BCUT2D eigenvalue weighted by Gasteiger charge is 2.11. The molecule has 0 heterocycles. The molecule has 2 aromatic carbocycles. The van der Waals surface area contributed by atoms with E-state index < -0.39 is 0 Å². The summed E-state index contributed by atoms with van der Waals surface area (Å²) in [6, 6.07) is 11.8. The van der Waals surface area contributed by atoms with Crippen LogP contribution in [0.4, 0.5) is 4.39 Å². The number of benzene rings is 2. The number of ether oxygens (including phenoxy) is 1. The summed E-state index contributed by atoms with van der Waals surface area (Å²) in [7, 11) is 0. The van der Waals surface area contributed by atoms with Gasteiger partial charge in [-0.05, 0) is 31.5 Å². The van der Waals surface area contributed by atoms with Crippen LogP contribution < -0.4 is 4.74 Å². The van der Waals surface area contributed by atoms with Crippen molar-refractivity contribution >= 4 is 5.78 Å². The van der Waals surface area contributed by atoms with Crippen LogP contribution in [0.2, 0.25) is 0 Å². The fourth-order valence-corrected chi connectivity index (χ4v) is 1.89. The Kier molecular flexibility index (Phi) is 3.95. The second-order valence-corrected chi connectivity index (χ2v) is 4.39. The van der Waals surface area contributed by atoms with Gasteiger partial charge in [-0.2, -0.15) is 0 Å². The van der Waals surface area contributed by atoms with E-state index in [2.05, 4.69) is 0 Å². The summed E-state index contributed by atoms with van der Waals surface area (Å²) in [6.07, 6.45) is 0. The Labute approximate surface area is 111 Å². The van der Waals surface area contributed by atoms with Gasteiger partial charge in [-0.15, -0.1) is 0 Å². The Hall–Kier alpha value is -2.16. The van der Waals surface area contributed by atoms with Gasteiger partial charge in [0.2, 0.25) is 0 Å². The molecule has 0 aromatic heterocycles. The molecule has 2 aromatic rings. The first-order valence-corrected chi connectivity index (χ1v) is 6.06. The molecule has 0 N–H and O–H groups in total. The van der Waals surface area contributed by atoms with Crippen molar-refractivity contribution < 1.29 is 13.9 Å². The van der Waals surface area contributed by atoms with Crippen LogP contribution in [0, 0.1) is 12.7 Å². The second-order valence-electron chi connectivity index (χ2n) is 4.39. The quantitative estimate of drug-likeness (QED) is 0.777. The van der Waals surface area contributed by atoms with Crippen LogP contribution in [0.25, 0.3) is 0 Å². The second kappa shape index (κ2) is 5.65. The van der Waals surface area contributed by atoms with Gasteiger partial charge in [-0.3, -0.25) is 4.79 Å². The van der Waals surface area contributed by atoms with E-state index in [0.717, 1.165) is 5.56 Å². The highest BCUT2D eigenvalue weighted by molar-refractivity contribution is 5.97. The molecule has 2 rings (SSSR count). The van der Waals surface area contributed by atoms with Crippen molar-refractivity contribution in [1.29, 1.82) is 0 Å². The van der Waals surface area contributed by atoms with E-state index in [9.17, 15) is 9.18 Å². The van der Waals surface area contributed by atoms with Crippen molar-refractivity contribution in [3.05, 3.63) is 65.0 Å². The monoisotopic (exact) mass is 258 g/mol. The lowest BCUT2D eigenvalue weighted by Crippen LogP contribution is -2.04. The fraction of sp³-hybridized carbons (Fsp3) is 0.188. The number of halogens is 1. The first-order valence-electron chi connectivity index (χ1n) is 6.06. The summed E-state index contributed by atoms with van der Waals surface area (Å²) >= 11 is 0. The third-order valence-electron chi connectivity index (χ3n) is 2.92. The molecule has 0 atom stereocenters. The summed E-state index contributed by atoms with van der Waals surface area (Å²) in [5.74, 6) is 0.158. The number of para-hydroxylation sites is 1. The van der Waals surface area contributed by atoms with Crippen molar-refractivity contribution in [3.8, 4) is 5.75 Å². The van der Waals surface area contributed by atoms with E-state index in [1.807, 2.05) is 19.1 Å². The van der Waals surface area contributed by atoms with E-state index >= 15 is 0 Å². The summed E-state index contributed by atoms with van der Waals surface area (Å²) in [6.45, 7) is 3.46. The SMILES string of the molecule is CC(=O)c1cccc(C)c1OCc1ccccc1F. The maximum Gasteiger partial charge on any atom is 0.163 e. The molecular weight excluding hydrogens is 243 g/mol. The summed E-state index contributed by atoms with van der Waals surface area (Å²) in [5.41, 5.74) is 1.86. The average Bonchev–Trinajstić information content (AvgIpc) is 2.38. The van der Waals surface area contributed by atoms with Crippen molar-refractivity contribution in [3.63, 3.8) is 0 Å². The van der Waals surface area contributed by atoms with Crippen LogP contribution in [0.15, 0.2) is 42.5 Å². The van der Waals surface area contributed by atoms with Gasteiger partial charge in [-0.1, -0.05) is 30.3 Å². The third kappa shape index (κ3) is 2.99. The largest absolute Gasteiger partial charge is 0.488 e. The molecule has 0 unspecified atom stereocenters. The zero-order valence-corrected chi connectivity index (χ0v) is 10.9. The molecule has 0 saturated carbocycles. The lowest BCUT2D eigenvalue weighted by molar-refractivity contribution is 0.101. The zero-order chi connectivity index (χ0) is 13.8. The number of hydrogen-bond donors (Lipinski definition) is 0. The maximum atomic E-state index is 13.5. The first kappa shape index (κ1) is 13.3. The molecule has 0 spiro atoms. The standard InChI is InChI=1S/C16H15FO2/c1-11-6-5-8-14(12(2)18)16(11)19-10-13-7-3-4-9-15(13)17/h3-9H,10H2,1-2H3. The minimum atomic E-state index is -0.305. The average molecular weight is 258 g/mol. The van der Waals surface area contributed by atoms with Crippen LogP contribution in [-0.4, -0.2) is 5.78 Å². The molecule has 2 nitrogen and oxygen atoms in total. The van der Waals surface area contributed by atoms with Crippen molar-refractivity contribution in [2.75, 3.05) is 0 Å². The highest BCUT2D eigenvalue weighted by Crippen LogP contribution is 2.25. The van der Waals surface area contributed by atoms with Gasteiger partial charge in [0, 0.05) is 5.56 Å². The lowest BCUT2D eigenvalue weighted by atomic mass is 10.1. The Balaban J connectivity index is 2.25. The molecule has 3 heteroatoms. The Morgan fingerprint density at radius 3 is 2.58 bits per heavy atom. The van der Waals surface area contributed by atoms with E-state index in [1.54, 1.807) is 24.3 Å². The minimum Gasteiger partial charge on any atom is -0.488 e. The molecule has 0 radical (unpaired) electrons. The summed E-state index contributed by atoms with van der Waals surface area (Å²) in [5, 5.41) is 0. The van der Waals surface area contributed by atoms with E-state index in [4.69, 9.17) is 4.74 Å². The van der Waals surface area contributed by atoms with Crippen LogP contribution in [0.5, 0.6) is 5.75 Å². The Morgan fingerprint density at radius 1 is 1.16 bits per heavy atom.